The van der Waals surface area contributed by atoms with Crippen molar-refractivity contribution in [3.05, 3.63) is 74.0 Å². The fourth-order valence-electron chi connectivity index (χ4n) is 2.99. The van der Waals surface area contributed by atoms with Crippen LogP contribution in [0, 0.1) is 6.92 Å². The molecule has 2 aromatic carbocycles. The number of hydrogen-bond donors (Lipinski definition) is 1. The van der Waals surface area contributed by atoms with Crippen molar-refractivity contribution in [3.8, 4) is 5.75 Å². The van der Waals surface area contributed by atoms with Crippen molar-refractivity contribution >= 4 is 26.9 Å². The van der Waals surface area contributed by atoms with Crippen LogP contribution in [0.5, 0.6) is 5.75 Å². The number of fused-ring (bicyclic) bond motifs is 2. The Labute approximate surface area is 140 Å². The first-order valence-corrected chi connectivity index (χ1v) is 8.01. The smallest absolute Gasteiger partial charge is 0.336 e. The molecule has 4 nitrogen and oxygen atoms in total. The van der Waals surface area contributed by atoms with Crippen LogP contribution in [-0.2, 0) is 0 Å². The molecule has 0 saturated carbocycles. The zero-order chi connectivity index (χ0) is 16.1. The lowest BCUT2D eigenvalue weighted by atomic mass is 9.98. The van der Waals surface area contributed by atoms with Crippen LogP contribution in [-0.4, -0.2) is 5.11 Å². The fraction of sp³-hybridized carbons (Fsp3) is 0.167. The highest BCUT2D eigenvalue weighted by Crippen LogP contribution is 2.46. The van der Waals surface area contributed by atoms with E-state index in [2.05, 4.69) is 15.9 Å². The first-order chi connectivity index (χ1) is 11.0. The number of ether oxygens (including phenoxy) is 1. The van der Waals surface area contributed by atoms with Gasteiger partial charge >= 0.3 is 5.63 Å². The summed E-state index contributed by atoms with van der Waals surface area (Å²) < 4.78 is 12.0. The van der Waals surface area contributed by atoms with Crippen molar-refractivity contribution in [3.63, 3.8) is 0 Å². The highest BCUT2D eigenvalue weighted by Gasteiger charge is 2.35. The van der Waals surface area contributed by atoms with Gasteiger partial charge in [-0.05, 0) is 36.8 Å². The van der Waals surface area contributed by atoms with E-state index in [0.717, 1.165) is 15.4 Å². The van der Waals surface area contributed by atoms with Crippen molar-refractivity contribution in [2.75, 3.05) is 0 Å². The van der Waals surface area contributed by atoms with E-state index in [1.165, 1.54) is 6.07 Å². The minimum atomic E-state index is -0.839. The summed E-state index contributed by atoms with van der Waals surface area (Å²) in [5.41, 5.74) is 2.39. The molecule has 4 rings (SSSR count). The summed E-state index contributed by atoms with van der Waals surface area (Å²) in [5, 5.41) is 11.4. The Morgan fingerprint density at radius 1 is 1.09 bits per heavy atom. The topological polar surface area (TPSA) is 59.7 Å². The van der Waals surface area contributed by atoms with Gasteiger partial charge in [0.2, 0.25) is 0 Å². The van der Waals surface area contributed by atoms with Crippen molar-refractivity contribution in [2.45, 2.75) is 19.1 Å². The van der Waals surface area contributed by atoms with E-state index in [0.29, 0.717) is 22.5 Å². The number of rotatable bonds is 1. The van der Waals surface area contributed by atoms with Crippen LogP contribution in [0.1, 0.15) is 28.9 Å². The Morgan fingerprint density at radius 3 is 2.74 bits per heavy atom. The van der Waals surface area contributed by atoms with Gasteiger partial charge in [-0.2, -0.15) is 0 Å². The summed E-state index contributed by atoms with van der Waals surface area (Å²) >= 11 is 3.40. The normalized spacial score (nSPS) is 19.6. The molecule has 5 heteroatoms. The molecule has 0 spiro atoms. The number of aliphatic hydroxyl groups excluding tert-OH is 1. The van der Waals surface area contributed by atoms with Crippen LogP contribution in [0.2, 0.25) is 0 Å². The van der Waals surface area contributed by atoms with Crippen LogP contribution in [0.25, 0.3) is 11.0 Å². The van der Waals surface area contributed by atoms with Gasteiger partial charge in [0.15, 0.2) is 6.10 Å². The molecule has 0 amide bonds. The molecule has 116 valence electrons. The second kappa shape index (κ2) is 5.22. The first kappa shape index (κ1) is 14.5. The molecule has 1 aromatic heterocycles. The highest BCUT2D eigenvalue weighted by molar-refractivity contribution is 9.10. The zero-order valence-electron chi connectivity index (χ0n) is 12.2. The maximum Gasteiger partial charge on any atom is 0.336 e. The number of benzene rings is 2. The predicted octanol–water partition coefficient (Wildman–Crippen LogP) is 4.03. The van der Waals surface area contributed by atoms with Crippen LogP contribution in [0.3, 0.4) is 0 Å². The third kappa shape index (κ3) is 2.36. The predicted molar refractivity (Wildman–Crippen MR) is 89.7 cm³/mol. The molecule has 1 aliphatic rings. The zero-order valence-corrected chi connectivity index (χ0v) is 13.8. The Kier molecular flexibility index (Phi) is 3.28. The van der Waals surface area contributed by atoms with Crippen LogP contribution in [0.4, 0.5) is 0 Å². The SMILES string of the molecule is Cc1ccc2c([C@@H]3Oc4ccc(Br)cc4[C@@H]3O)cc(=O)oc2c1. The molecule has 0 saturated heterocycles. The standard InChI is InChI=1S/C18H13BrO4/c1-9-2-4-11-12(8-16(20)22-15(11)6-9)18-17(21)13-7-10(19)3-5-14(13)23-18/h2-8,17-18,21H,1H3/t17-,18-/m0/s1. The Balaban J connectivity index is 1.89. The van der Waals surface area contributed by atoms with Crippen molar-refractivity contribution < 1.29 is 14.3 Å². The van der Waals surface area contributed by atoms with Gasteiger partial charge in [0.1, 0.15) is 17.4 Å². The molecule has 0 bridgehead atoms. The molecule has 0 unspecified atom stereocenters. The van der Waals surface area contributed by atoms with Crippen LogP contribution >= 0.6 is 15.9 Å². The molecule has 23 heavy (non-hydrogen) atoms. The molecule has 3 aromatic rings. The van der Waals surface area contributed by atoms with Gasteiger partial charge in [0, 0.05) is 27.1 Å². The van der Waals surface area contributed by atoms with E-state index >= 15 is 0 Å². The van der Waals surface area contributed by atoms with Crippen molar-refractivity contribution in [1.29, 1.82) is 0 Å². The van der Waals surface area contributed by atoms with Gasteiger partial charge in [0.05, 0.1) is 0 Å². The number of aryl methyl sites for hydroxylation is 1. The maximum atomic E-state index is 11.9. The van der Waals surface area contributed by atoms with Gasteiger partial charge in [-0.15, -0.1) is 0 Å². The fourth-order valence-corrected chi connectivity index (χ4v) is 3.36. The van der Waals surface area contributed by atoms with Crippen LogP contribution < -0.4 is 10.4 Å². The van der Waals surface area contributed by atoms with E-state index < -0.39 is 17.8 Å². The molecule has 0 radical (unpaired) electrons. The Bertz CT molecular complexity index is 976. The van der Waals surface area contributed by atoms with E-state index in [1.807, 2.05) is 37.3 Å². The molecule has 2 atom stereocenters. The molecule has 1 N–H and O–H groups in total. The number of aliphatic hydroxyl groups is 1. The molecule has 0 aliphatic carbocycles. The molecule has 1 aliphatic heterocycles. The molecular weight excluding hydrogens is 360 g/mol. The lowest BCUT2D eigenvalue weighted by Gasteiger charge is -2.16. The van der Waals surface area contributed by atoms with E-state index in [1.54, 1.807) is 6.07 Å². The van der Waals surface area contributed by atoms with E-state index in [-0.39, 0.29) is 0 Å². The summed E-state index contributed by atoms with van der Waals surface area (Å²) in [6.07, 6.45) is -1.47. The lowest BCUT2D eigenvalue weighted by Crippen LogP contribution is -2.13. The molecule has 2 heterocycles. The quantitative estimate of drug-likeness (QED) is 0.655. The van der Waals surface area contributed by atoms with Gasteiger partial charge in [-0.25, -0.2) is 4.79 Å². The van der Waals surface area contributed by atoms with Crippen molar-refractivity contribution in [1.82, 2.24) is 0 Å². The average Bonchev–Trinajstić information content (AvgIpc) is 2.83. The Morgan fingerprint density at radius 2 is 1.91 bits per heavy atom. The third-order valence-electron chi connectivity index (χ3n) is 4.07. The van der Waals surface area contributed by atoms with Gasteiger partial charge in [0.25, 0.3) is 0 Å². The second-order valence-corrected chi connectivity index (χ2v) is 6.60. The molecular formula is C18H13BrO4. The van der Waals surface area contributed by atoms with E-state index in [4.69, 9.17) is 9.15 Å². The van der Waals surface area contributed by atoms with Gasteiger partial charge in [-0.3, -0.25) is 0 Å². The second-order valence-electron chi connectivity index (χ2n) is 5.69. The summed E-state index contributed by atoms with van der Waals surface area (Å²) in [6.45, 7) is 1.93. The summed E-state index contributed by atoms with van der Waals surface area (Å²) in [7, 11) is 0. The maximum absolute atomic E-state index is 11.9. The highest BCUT2D eigenvalue weighted by atomic mass is 79.9. The third-order valence-corrected chi connectivity index (χ3v) is 4.56. The molecule has 0 fully saturated rings. The van der Waals surface area contributed by atoms with Crippen LogP contribution in [0.15, 0.2) is 56.1 Å². The van der Waals surface area contributed by atoms with Gasteiger partial charge in [-0.1, -0.05) is 28.1 Å². The monoisotopic (exact) mass is 372 g/mol. The van der Waals surface area contributed by atoms with Crippen molar-refractivity contribution in [2.24, 2.45) is 0 Å². The first-order valence-electron chi connectivity index (χ1n) is 7.21. The summed E-state index contributed by atoms with van der Waals surface area (Å²) in [6, 6.07) is 12.5. The Hall–Kier alpha value is -2.11. The lowest BCUT2D eigenvalue weighted by molar-refractivity contribution is 0.0680. The largest absolute Gasteiger partial charge is 0.482 e. The minimum Gasteiger partial charge on any atom is -0.482 e. The van der Waals surface area contributed by atoms with Gasteiger partial charge < -0.3 is 14.3 Å². The summed E-state index contributed by atoms with van der Waals surface area (Å²) in [5.74, 6) is 0.624. The average molecular weight is 373 g/mol. The minimum absolute atomic E-state index is 0.453. The summed E-state index contributed by atoms with van der Waals surface area (Å²) in [4.78, 5) is 11.9. The number of hydrogen-bond acceptors (Lipinski definition) is 4. The number of halogens is 1. The van der Waals surface area contributed by atoms with E-state index in [9.17, 15) is 9.90 Å².